The van der Waals surface area contributed by atoms with E-state index in [0.717, 1.165) is 13.0 Å². The molecule has 0 bridgehead atoms. The van der Waals surface area contributed by atoms with Gasteiger partial charge < -0.3 is 66.7 Å². The third kappa shape index (κ3) is 55.4. The molecule has 0 saturated heterocycles. The Bertz CT molecular complexity index is 628. The van der Waals surface area contributed by atoms with Gasteiger partial charge in [0.25, 0.3) is 0 Å². The minimum Gasteiger partial charge on any atom is -0.394 e. The molecule has 0 amide bonds. The maximum absolute atomic E-state index is 8.60. The molecule has 14 heteroatoms. The van der Waals surface area contributed by atoms with E-state index in [1.165, 1.54) is 89.9 Å². The first-order valence-electron chi connectivity index (χ1n) is 22.5. The Morgan fingerprint density at radius 1 is 0.193 bits per heavy atom. The summed E-state index contributed by atoms with van der Waals surface area (Å²) >= 11 is 0. The summed E-state index contributed by atoms with van der Waals surface area (Å²) in [4.78, 5) is 0. The molecule has 0 heterocycles. The molecule has 1 N–H and O–H groups in total. The molecule has 344 valence electrons. The zero-order valence-electron chi connectivity index (χ0n) is 36.5. The predicted molar refractivity (Wildman–Crippen MR) is 223 cm³/mol. The molecule has 57 heavy (non-hydrogen) atoms. The third-order valence-corrected chi connectivity index (χ3v) is 8.59. The molecule has 0 fully saturated rings. The van der Waals surface area contributed by atoms with Crippen LogP contribution in [0.25, 0.3) is 0 Å². The lowest BCUT2D eigenvalue weighted by atomic mass is 10.0. The van der Waals surface area contributed by atoms with Crippen molar-refractivity contribution in [3.05, 3.63) is 0 Å². The molecule has 0 aliphatic carbocycles. The predicted octanol–water partition coefficient (Wildman–Crippen LogP) is 6.07. The maximum atomic E-state index is 8.60. The highest BCUT2D eigenvalue weighted by atomic mass is 16.6. The van der Waals surface area contributed by atoms with Crippen molar-refractivity contribution in [2.24, 2.45) is 0 Å². The van der Waals surface area contributed by atoms with Gasteiger partial charge in [0.05, 0.1) is 172 Å². The number of hydrogen-bond donors (Lipinski definition) is 1. The Morgan fingerprint density at radius 3 is 0.544 bits per heavy atom. The molecule has 0 atom stereocenters. The van der Waals surface area contributed by atoms with E-state index >= 15 is 0 Å². The fourth-order valence-corrected chi connectivity index (χ4v) is 5.38. The van der Waals surface area contributed by atoms with Crippen molar-refractivity contribution in [3.63, 3.8) is 0 Å². The van der Waals surface area contributed by atoms with Crippen LogP contribution in [0, 0.1) is 0 Å². The zero-order valence-corrected chi connectivity index (χ0v) is 36.5. The van der Waals surface area contributed by atoms with Crippen molar-refractivity contribution in [2.45, 2.75) is 103 Å². The summed E-state index contributed by atoms with van der Waals surface area (Å²) in [6.07, 6.45) is 20.7. The third-order valence-electron chi connectivity index (χ3n) is 8.59. The molecule has 14 nitrogen and oxygen atoms in total. The SMILES string of the molecule is CCCCCCCCCCCCCCCCCOCCOCCOCCOCCOCCOCCOCCOCCOCCOCCOCCOCCOCCO. The van der Waals surface area contributed by atoms with E-state index in [9.17, 15) is 0 Å². The van der Waals surface area contributed by atoms with E-state index < -0.39 is 0 Å². The van der Waals surface area contributed by atoms with E-state index in [4.69, 9.17) is 66.7 Å². The van der Waals surface area contributed by atoms with E-state index in [1.807, 2.05) is 0 Å². The summed E-state index contributed by atoms with van der Waals surface area (Å²) in [6.45, 7) is 16.1. The van der Waals surface area contributed by atoms with Crippen molar-refractivity contribution in [1.29, 1.82) is 0 Å². The highest BCUT2D eigenvalue weighted by Crippen LogP contribution is 2.13. The van der Waals surface area contributed by atoms with Crippen LogP contribution in [0.4, 0.5) is 0 Å². The second kappa shape index (κ2) is 55.4. The quantitative estimate of drug-likeness (QED) is 0.0710. The lowest BCUT2D eigenvalue weighted by molar-refractivity contribution is -0.0292. The van der Waals surface area contributed by atoms with Crippen LogP contribution in [-0.4, -0.2) is 183 Å². The summed E-state index contributed by atoms with van der Waals surface area (Å²) in [5, 5.41) is 8.60. The number of hydrogen-bond acceptors (Lipinski definition) is 14. The standard InChI is InChI=1S/C43H88O14/c1-2-3-4-5-6-7-8-9-10-11-12-13-14-15-16-18-45-20-22-47-24-26-49-28-30-51-32-34-53-36-38-55-40-42-57-43-41-56-39-37-54-35-33-52-31-29-50-27-25-48-23-21-46-19-17-44/h44H,2-43H2,1H3. The Morgan fingerprint density at radius 2 is 0.351 bits per heavy atom. The largest absolute Gasteiger partial charge is 0.394 e. The second-order valence-electron chi connectivity index (χ2n) is 13.6. The summed E-state index contributed by atoms with van der Waals surface area (Å²) in [5.41, 5.74) is 0. The van der Waals surface area contributed by atoms with Gasteiger partial charge >= 0.3 is 0 Å². The number of rotatable bonds is 54. The van der Waals surface area contributed by atoms with Gasteiger partial charge in [0.1, 0.15) is 0 Å². The van der Waals surface area contributed by atoms with Crippen molar-refractivity contribution in [2.75, 3.05) is 178 Å². The van der Waals surface area contributed by atoms with Crippen LogP contribution in [0.3, 0.4) is 0 Å². The number of ether oxygens (including phenoxy) is 13. The molecule has 0 spiro atoms. The van der Waals surface area contributed by atoms with Crippen molar-refractivity contribution < 1.29 is 66.7 Å². The normalized spacial score (nSPS) is 11.7. The summed E-state index contributed by atoms with van der Waals surface area (Å²) in [5.74, 6) is 0. The van der Waals surface area contributed by atoms with Crippen molar-refractivity contribution >= 4 is 0 Å². The van der Waals surface area contributed by atoms with E-state index in [0.29, 0.717) is 165 Å². The topological polar surface area (TPSA) is 140 Å². The molecule has 0 rings (SSSR count). The Kier molecular flexibility index (Phi) is 54.9. The first kappa shape index (κ1) is 56.4. The van der Waals surface area contributed by atoms with Gasteiger partial charge in [-0.25, -0.2) is 0 Å². The summed E-state index contributed by atoms with van der Waals surface area (Å²) in [7, 11) is 0. The molecule has 0 aromatic rings. The van der Waals surface area contributed by atoms with Gasteiger partial charge in [-0.1, -0.05) is 96.8 Å². The van der Waals surface area contributed by atoms with Gasteiger partial charge in [0.15, 0.2) is 0 Å². The van der Waals surface area contributed by atoms with Crippen LogP contribution in [0.1, 0.15) is 103 Å². The first-order valence-corrected chi connectivity index (χ1v) is 22.5. The molecule has 0 aromatic heterocycles. The van der Waals surface area contributed by atoms with Crippen LogP contribution < -0.4 is 0 Å². The smallest absolute Gasteiger partial charge is 0.0701 e. The molecule has 0 saturated carbocycles. The molecular formula is C43H88O14. The fraction of sp³-hybridized carbons (Fsp3) is 1.00. The highest BCUT2D eigenvalue weighted by Gasteiger charge is 1.98. The average Bonchev–Trinajstić information content (AvgIpc) is 3.22. The molecule has 0 aliphatic heterocycles. The summed E-state index contributed by atoms with van der Waals surface area (Å²) in [6, 6.07) is 0. The van der Waals surface area contributed by atoms with Gasteiger partial charge in [0, 0.05) is 6.61 Å². The van der Waals surface area contributed by atoms with Gasteiger partial charge in [-0.05, 0) is 6.42 Å². The maximum Gasteiger partial charge on any atom is 0.0701 e. The molecular weight excluding hydrogens is 740 g/mol. The minimum absolute atomic E-state index is 0.0258. The molecule has 0 aromatic carbocycles. The van der Waals surface area contributed by atoms with Gasteiger partial charge in [-0.15, -0.1) is 0 Å². The molecule has 0 aliphatic rings. The highest BCUT2D eigenvalue weighted by molar-refractivity contribution is 4.50. The van der Waals surface area contributed by atoms with Crippen LogP contribution in [0.5, 0.6) is 0 Å². The second-order valence-corrected chi connectivity index (χ2v) is 13.6. The average molecular weight is 829 g/mol. The number of aliphatic hydroxyl groups excluding tert-OH is 1. The van der Waals surface area contributed by atoms with E-state index in [1.54, 1.807) is 0 Å². The number of unbranched alkanes of at least 4 members (excludes halogenated alkanes) is 14. The van der Waals surface area contributed by atoms with Gasteiger partial charge in [-0.2, -0.15) is 0 Å². The van der Waals surface area contributed by atoms with E-state index in [2.05, 4.69) is 6.92 Å². The Hall–Kier alpha value is -0.560. The van der Waals surface area contributed by atoms with Gasteiger partial charge in [0.2, 0.25) is 0 Å². The van der Waals surface area contributed by atoms with Crippen LogP contribution in [0.2, 0.25) is 0 Å². The zero-order chi connectivity index (χ0) is 40.9. The molecule has 0 unspecified atom stereocenters. The lowest BCUT2D eigenvalue weighted by Gasteiger charge is -2.09. The fourth-order valence-electron chi connectivity index (χ4n) is 5.38. The van der Waals surface area contributed by atoms with Crippen LogP contribution >= 0.6 is 0 Å². The van der Waals surface area contributed by atoms with Crippen molar-refractivity contribution in [3.8, 4) is 0 Å². The number of aliphatic hydroxyl groups is 1. The van der Waals surface area contributed by atoms with Crippen molar-refractivity contribution in [1.82, 2.24) is 0 Å². The monoisotopic (exact) mass is 829 g/mol. The van der Waals surface area contributed by atoms with E-state index in [-0.39, 0.29) is 6.61 Å². The van der Waals surface area contributed by atoms with Gasteiger partial charge in [-0.3, -0.25) is 0 Å². The lowest BCUT2D eigenvalue weighted by Crippen LogP contribution is -2.15. The van der Waals surface area contributed by atoms with Crippen LogP contribution in [-0.2, 0) is 61.6 Å². The Balaban J connectivity index is 3.05. The Labute approximate surface area is 347 Å². The summed E-state index contributed by atoms with van der Waals surface area (Å²) < 4.78 is 71.2. The van der Waals surface area contributed by atoms with Crippen LogP contribution in [0.15, 0.2) is 0 Å². The molecule has 0 radical (unpaired) electrons. The minimum atomic E-state index is 0.0258. The first-order chi connectivity index (χ1) is 28.4.